The normalized spacial score (nSPS) is 29.8. The molecule has 1 atom stereocenters. The number of carboxylic acid groups (broad SMARTS) is 1. The Morgan fingerprint density at radius 1 is 1.67 bits per heavy atom. The van der Waals surface area contributed by atoms with Crippen molar-refractivity contribution in [3.63, 3.8) is 0 Å². The van der Waals surface area contributed by atoms with Crippen LogP contribution in [0, 0.1) is 11.3 Å². The molecule has 1 aliphatic rings. The number of hydrogen-bond donors (Lipinski definition) is 1. The monoisotopic (exact) mass is 168 g/mol. The molecule has 0 spiro atoms. The Kier molecular flexibility index (Phi) is 2.27. The lowest BCUT2D eigenvalue weighted by atomic mass is 9.76. The van der Waals surface area contributed by atoms with E-state index < -0.39 is 11.4 Å². The topological polar surface area (TPSA) is 37.3 Å². The third-order valence-electron chi connectivity index (χ3n) is 3.02. The number of aliphatic carboxylic acids is 1. The van der Waals surface area contributed by atoms with Gasteiger partial charge in [0.15, 0.2) is 0 Å². The van der Waals surface area contributed by atoms with E-state index in [0.717, 1.165) is 18.4 Å². The minimum atomic E-state index is -0.656. The zero-order chi connectivity index (χ0) is 9.35. The summed E-state index contributed by atoms with van der Waals surface area (Å²) in [5.74, 6) is -0.453. The molecule has 1 saturated carbocycles. The van der Waals surface area contributed by atoms with E-state index in [1.165, 1.54) is 0 Å². The Balaban J connectivity index is 2.89. The Bertz CT molecular complexity index is 218. The molecule has 0 unspecified atom stereocenters. The number of hydrogen-bond acceptors (Lipinski definition) is 1. The van der Waals surface area contributed by atoms with E-state index in [2.05, 4.69) is 6.58 Å². The maximum Gasteiger partial charge on any atom is 0.310 e. The lowest BCUT2D eigenvalue weighted by molar-refractivity contribution is -0.151. The van der Waals surface area contributed by atoms with E-state index in [0.29, 0.717) is 6.42 Å². The van der Waals surface area contributed by atoms with Gasteiger partial charge in [-0.15, -0.1) is 0 Å². The maximum atomic E-state index is 11.1. The van der Waals surface area contributed by atoms with Gasteiger partial charge in [-0.25, -0.2) is 0 Å². The van der Waals surface area contributed by atoms with Gasteiger partial charge < -0.3 is 5.11 Å². The van der Waals surface area contributed by atoms with Crippen LogP contribution in [0.5, 0.6) is 0 Å². The summed E-state index contributed by atoms with van der Waals surface area (Å²) in [6, 6.07) is 0. The van der Waals surface area contributed by atoms with Gasteiger partial charge in [0.25, 0.3) is 0 Å². The van der Waals surface area contributed by atoms with E-state index in [-0.39, 0.29) is 5.92 Å². The molecule has 0 aromatic heterocycles. The van der Waals surface area contributed by atoms with Crippen molar-refractivity contribution in [1.29, 1.82) is 0 Å². The smallest absolute Gasteiger partial charge is 0.310 e. The highest BCUT2D eigenvalue weighted by atomic mass is 16.4. The van der Waals surface area contributed by atoms with Crippen molar-refractivity contribution in [2.75, 3.05) is 0 Å². The van der Waals surface area contributed by atoms with Crippen LogP contribution in [0.3, 0.4) is 0 Å². The van der Waals surface area contributed by atoms with Crippen LogP contribution in [-0.2, 0) is 4.79 Å². The first-order chi connectivity index (χ1) is 5.49. The largest absolute Gasteiger partial charge is 0.481 e. The number of carboxylic acids is 1. The molecule has 0 heterocycles. The molecule has 68 valence electrons. The van der Waals surface area contributed by atoms with Crippen LogP contribution in [-0.4, -0.2) is 11.1 Å². The fourth-order valence-electron chi connectivity index (χ4n) is 1.95. The predicted molar refractivity (Wildman–Crippen MR) is 47.9 cm³/mol. The molecule has 1 rings (SSSR count). The van der Waals surface area contributed by atoms with Gasteiger partial charge in [-0.1, -0.05) is 26.0 Å². The molecular weight excluding hydrogens is 152 g/mol. The highest BCUT2D eigenvalue weighted by molar-refractivity contribution is 5.76. The van der Waals surface area contributed by atoms with E-state index in [9.17, 15) is 4.79 Å². The van der Waals surface area contributed by atoms with Crippen molar-refractivity contribution >= 4 is 5.97 Å². The molecule has 1 aliphatic carbocycles. The molecule has 0 aromatic rings. The van der Waals surface area contributed by atoms with Crippen LogP contribution in [0.4, 0.5) is 0 Å². The molecular formula is C10H16O2. The first kappa shape index (κ1) is 9.30. The molecule has 2 heteroatoms. The summed E-state index contributed by atoms with van der Waals surface area (Å²) >= 11 is 0. The second-order valence-corrected chi connectivity index (χ2v) is 4.04. The van der Waals surface area contributed by atoms with Crippen molar-refractivity contribution < 1.29 is 9.90 Å². The summed E-state index contributed by atoms with van der Waals surface area (Å²) in [7, 11) is 0. The van der Waals surface area contributed by atoms with Gasteiger partial charge in [0, 0.05) is 0 Å². The van der Waals surface area contributed by atoms with Gasteiger partial charge in [-0.05, 0) is 25.2 Å². The predicted octanol–water partition coefficient (Wildman–Crippen LogP) is 2.45. The third kappa shape index (κ3) is 1.26. The molecule has 0 aromatic carbocycles. The van der Waals surface area contributed by atoms with Crippen molar-refractivity contribution in [3.8, 4) is 0 Å². The van der Waals surface area contributed by atoms with E-state index in [1.807, 2.05) is 13.8 Å². The average molecular weight is 168 g/mol. The van der Waals surface area contributed by atoms with Crippen molar-refractivity contribution in [1.82, 2.24) is 0 Å². The summed E-state index contributed by atoms with van der Waals surface area (Å²) in [6.45, 7) is 7.81. The van der Waals surface area contributed by atoms with Crippen LogP contribution in [0.15, 0.2) is 12.2 Å². The van der Waals surface area contributed by atoms with Gasteiger partial charge in [-0.3, -0.25) is 4.79 Å². The van der Waals surface area contributed by atoms with Gasteiger partial charge in [0.2, 0.25) is 0 Å². The molecule has 1 N–H and O–H groups in total. The van der Waals surface area contributed by atoms with E-state index in [1.54, 1.807) is 0 Å². The molecule has 0 radical (unpaired) electrons. The minimum absolute atomic E-state index is 0.203. The fourth-order valence-corrected chi connectivity index (χ4v) is 1.95. The zero-order valence-corrected chi connectivity index (χ0v) is 7.76. The number of carbonyl (C=O) groups is 1. The van der Waals surface area contributed by atoms with E-state index in [4.69, 9.17) is 5.11 Å². The Hall–Kier alpha value is -0.790. The molecule has 0 bridgehead atoms. The fraction of sp³-hybridized carbons (Fsp3) is 0.700. The molecule has 1 fully saturated rings. The summed E-state index contributed by atoms with van der Waals surface area (Å²) in [5, 5.41) is 9.11. The molecule has 0 aliphatic heterocycles. The zero-order valence-electron chi connectivity index (χ0n) is 7.76. The highest BCUT2D eigenvalue weighted by Gasteiger charge is 2.45. The van der Waals surface area contributed by atoms with Gasteiger partial charge in [0.05, 0.1) is 5.41 Å². The van der Waals surface area contributed by atoms with Crippen molar-refractivity contribution in [2.24, 2.45) is 11.3 Å². The Labute approximate surface area is 73.3 Å². The SMILES string of the molecule is C=C1CC[C@](C(=O)O)(C(C)C)C1. The summed E-state index contributed by atoms with van der Waals surface area (Å²) < 4.78 is 0. The van der Waals surface area contributed by atoms with Crippen LogP contribution in [0.2, 0.25) is 0 Å². The van der Waals surface area contributed by atoms with Gasteiger partial charge in [0.1, 0.15) is 0 Å². The Morgan fingerprint density at radius 2 is 2.25 bits per heavy atom. The van der Waals surface area contributed by atoms with Crippen molar-refractivity contribution in [2.45, 2.75) is 33.1 Å². The summed E-state index contributed by atoms with van der Waals surface area (Å²) in [5.41, 5.74) is 0.572. The molecule has 12 heavy (non-hydrogen) atoms. The molecule has 2 nitrogen and oxygen atoms in total. The lowest BCUT2D eigenvalue weighted by Crippen LogP contribution is -2.33. The van der Waals surface area contributed by atoms with Crippen LogP contribution < -0.4 is 0 Å². The minimum Gasteiger partial charge on any atom is -0.481 e. The third-order valence-corrected chi connectivity index (χ3v) is 3.02. The quantitative estimate of drug-likeness (QED) is 0.643. The second kappa shape index (κ2) is 2.92. The van der Waals surface area contributed by atoms with E-state index >= 15 is 0 Å². The van der Waals surface area contributed by atoms with Crippen LogP contribution >= 0.6 is 0 Å². The first-order valence-electron chi connectivity index (χ1n) is 4.39. The van der Waals surface area contributed by atoms with Crippen molar-refractivity contribution in [3.05, 3.63) is 12.2 Å². The standard InChI is InChI=1S/C10H16O2/c1-7(2)10(9(11)12)5-4-8(3)6-10/h7H,3-6H2,1-2H3,(H,11,12)/t10-/m1/s1. The average Bonchev–Trinajstić information content (AvgIpc) is 2.32. The van der Waals surface area contributed by atoms with Gasteiger partial charge >= 0.3 is 5.97 Å². The molecule has 0 amide bonds. The second-order valence-electron chi connectivity index (χ2n) is 4.04. The Morgan fingerprint density at radius 3 is 2.42 bits per heavy atom. The molecule has 0 saturated heterocycles. The number of allylic oxidation sites excluding steroid dienone is 1. The first-order valence-corrected chi connectivity index (χ1v) is 4.39. The van der Waals surface area contributed by atoms with Gasteiger partial charge in [-0.2, -0.15) is 0 Å². The summed E-state index contributed by atoms with van der Waals surface area (Å²) in [4.78, 5) is 11.1. The van der Waals surface area contributed by atoms with Crippen LogP contribution in [0.1, 0.15) is 33.1 Å². The van der Waals surface area contributed by atoms with Crippen LogP contribution in [0.25, 0.3) is 0 Å². The highest BCUT2D eigenvalue weighted by Crippen LogP contribution is 2.46. The lowest BCUT2D eigenvalue weighted by Gasteiger charge is -2.27. The maximum absolute atomic E-state index is 11.1. The number of rotatable bonds is 2. The summed E-state index contributed by atoms with van der Waals surface area (Å²) in [6.07, 6.45) is 2.31.